The predicted molar refractivity (Wildman–Crippen MR) is 74.1 cm³/mol. The third-order valence-corrected chi connectivity index (χ3v) is 2.61. The molecule has 19 heavy (non-hydrogen) atoms. The number of carbonyl (C=O) groups excluding carboxylic acids is 2. The first-order valence-corrected chi connectivity index (χ1v) is 6.41. The van der Waals surface area contributed by atoms with Gasteiger partial charge in [0.05, 0.1) is 6.54 Å². The van der Waals surface area contributed by atoms with Crippen molar-refractivity contribution in [2.75, 3.05) is 20.1 Å². The van der Waals surface area contributed by atoms with Crippen molar-refractivity contribution >= 4 is 23.4 Å². The van der Waals surface area contributed by atoms with Crippen LogP contribution < -0.4 is 5.32 Å². The summed E-state index contributed by atoms with van der Waals surface area (Å²) in [5.41, 5.74) is 0.228. The Morgan fingerprint density at radius 2 is 2.16 bits per heavy atom. The minimum absolute atomic E-state index is 0.000251. The zero-order valence-corrected chi connectivity index (χ0v) is 12.1. The van der Waals surface area contributed by atoms with Crippen LogP contribution in [0.15, 0.2) is 18.3 Å². The first-order chi connectivity index (χ1) is 8.90. The van der Waals surface area contributed by atoms with Crippen molar-refractivity contribution < 1.29 is 9.59 Å². The second-order valence-corrected chi connectivity index (χ2v) is 5.15. The average molecular weight is 284 g/mol. The average Bonchev–Trinajstić information content (AvgIpc) is 2.35. The van der Waals surface area contributed by atoms with Gasteiger partial charge in [-0.2, -0.15) is 0 Å². The topological polar surface area (TPSA) is 62.3 Å². The van der Waals surface area contributed by atoms with Crippen LogP contribution in [0, 0.1) is 5.92 Å². The second kappa shape index (κ2) is 7.09. The van der Waals surface area contributed by atoms with E-state index in [9.17, 15) is 9.59 Å². The van der Waals surface area contributed by atoms with Crippen LogP contribution in [-0.4, -0.2) is 41.8 Å². The van der Waals surface area contributed by atoms with E-state index in [1.165, 1.54) is 17.2 Å². The van der Waals surface area contributed by atoms with E-state index >= 15 is 0 Å². The number of pyridine rings is 1. The molecular weight excluding hydrogens is 266 g/mol. The zero-order valence-electron chi connectivity index (χ0n) is 11.3. The van der Waals surface area contributed by atoms with E-state index < -0.39 is 0 Å². The lowest BCUT2D eigenvalue weighted by Gasteiger charge is -2.17. The molecule has 1 N–H and O–H groups in total. The Labute approximate surface area is 118 Å². The first kappa shape index (κ1) is 15.4. The molecule has 0 aromatic carbocycles. The van der Waals surface area contributed by atoms with E-state index in [2.05, 4.69) is 10.3 Å². The maximum Gasteiger partial charge on any atom is 0.272 e. The molecule has 0 saturated carbocycles. The Balaban J connectivity index is 2.55. The van der Waals surface area contributed by atoms with Crippen LogP contribution >= 0.6 is 11.6 Å². The van der Waals surface area contributed by atoms with Crippen LogP contribution in [0.2, 0.25) is 5.02 Å². The Bertz CT molecular complexity index is 463. The molecule has 0 aliphatic carbocycles. The monoisotopic (exact) mass is 283 g/mol. The van der Waals surface area contributed by atoms with Gasteiger partial charge in [0.15, 0.2) is 0 Å². The van der Waals surface area contributed by atoms with E-state index in [0.717, 1.165) is 0 Å². The normalized spacial score (nSPS) is 10.4. The van der Waals surface area contributed by atoms with Crippen LogP contribution in [-0.2, 0) is 4.79 Å². The number of rotatable bonds is 5. The molecular formula is C13H18ClN3O2. The molecule has 1 rings (SSSR count). The third-order valence-electron chi connectivity index (χ3n) is 2.38. The van der Waals surface area contributed by atoms with Gasteiger partial charge in [0.1, 0.15) is 5.69 Å². The van der Waals surface area contributed by atoms with E-state index in [-0.39, 0.29) is 24.1 Å². The maximum atomic E-state index is 12.0. The van der Waals surface area contributed by atoms with Crippen LogP contribution in [0.3, 0.4) is 0 Å². The number of nitrogens with one attached hydrogen (secondary N) is 1. The Morgan fingerprint density at radius 1 is 1.47 bits per heavy atom. The molecule has 6 heteroatoms. The molecule has 0 spiro atoms. The highest BCUT2D eigenvalue weighted by Gasteiger charge is 2.16. The van der Waals surface area contributed by atoms with Crippen LogP contribution in [0.4, 0.5) is 0 Å². The lowest BCUT2D eigenvalue weighted by Crippen LogP contribution is -2.39. The molecule has 5 nitrogen and oxygen atoms in total. The highest BCUT2D eigenvalue weighted by atomic mass is 35.5. The van der Waals surface area contributed by atoms with Crippen LogP contribution in [0.25, 0.3) is 0 Å². The fraction of sp³-hybridized carbons (Fsp3) is 0.462. The number of carbonyl (C=O) groups is 2. The van der Waals surface area contributed by atoms with Crippen molar-refractivity contribution in [3.63, 3.8) is 0 Å². The number of likely N-dealkylation sites (N-methyl/N-ethyl adjacent to an activating group) is 1. The van der Waals surface area contributed by atoms with Gasteiger partial charge in [0, 0.05) is 24.8 Å². The Hall–Kier alpha value is -1.62. The second-order valence-electron chi connectivity index (χ2n) is 4.72. The quantitative estimate of drug-likeness (QED) is 0.892. The SMILES string of the molecule is CC(C)CNC(=O)CN(C)C(=O)c1cc(Cl)ccn1. The molecule has 1 heterocycles. The summed E-state index contributed by atoms with van der Waals surface area (Å²) in [6.07, 6.45) is 1.46. The molecule has 0 radical (unpaired) electrons. The van der Waals surface area contributed by atoms with Crippen molar-refractivity contribution in [2.24, 2.45) is 5.92 Å². The van der Waals surface area contributed by atoms with Crippen molar-refractivity contribution in [3.8, 4) is 0 Å². The van der Waals surface area contributed by atoms with E-state index in [4.69, 9.17) is 11.6 Å². The maximum absolute atomic E-state index is 12.0. The summed E-state index contributed by atoms with van der Waals surface area (Å²) in [6.45, 7) is 4.60. The van der Waals surface area contributed by atoms with E-state index in [1.54, 1.807) is 13.1 Å². The highest BCUT2D eigenvalue weighted by molar-refractivity contribution is 6.30. The minimum atomic E-state index is -0.331. The summed E-state index contributed by atoms with van der Waals surface area (Å²) < 4.78 is 0. The highest BCUT2D eigenvalue weighted by Crippen LogP contribution is 2.09. The summed E-state index contributed by atoms with van der Waals surface area (Å²) >= 11 is 5.79. The van der Waals surface area contributed by atoms with Crippen molar-refractivity contribution in [1.82, 2.24) is 15.2 Å². The number of hydrogen-bond donors (Lipinski definition) is 1. The molecule has 1 aromatic rings. The molecule has 0 fully saturated rings. The third kappa shape index (κ3) is 5.26. The summed E-state index contributed by atoms with van der Waals surface area (Å²) in [5, 5.41) is 3.19. The molecule has 2 amide bonds. The molecule has 0 aliphatic rings. The van der Waals surface area contributed by atoms with Gasteiger partial charge >= 0.3 is 0 Å². The fourth-order valence-electron chi connectivity index (χ4n) is 1.38. The number of amides is 2. The van der Waals surface area contributed by atoms with Gasteiger partial charge in [-0.05, 0) is 18.1 Å². The van der Waals surface area contributed by atoms with E-state index in [0.29, 0.717) is 17.5 Å². The zero-order chi connectivity index (χ0) is 14.4. The molecule has 0 unspecified atom stereocenters. The van der Waals surface area contributed by atoms with Gasteiger partial charge < -0.3 is 10.2 Å². The molecule has 1 aromatic heterocycles. The smallest absolute Gasteiger partial charge is 0.272 e. The molecule has 0 atom stereocenters. The summed E-state index contributed by atoms with van der Waals surface area (Å²) in [7, 11) is 1.56. The number of hydrogen-bond acceptors (Lipinski definition) is 3. The van der Waals surface area contributed by atoms with Gasteiger partial charge in [-0.15, -0.1) is 0 Å². The van der Waals surface area contributed by atoms with Crippen molar-refractivity contribution in [3.05, 3.63) is 29.0 Å². The lowest BCUT2D eigenvalue weighted by atomic mass is 10.2. The standard InChI is InChI=1S/C13H18ClN3O2/c1-9(2)7-16-12(18)8-17(3)13(19)11-6-10(14)4-5-15-11/h4-6,9H,7-8H2,1-3H3,(H,16,18). The molecule has 0 aliphatic heterocycles. The lowest BCUT2D eigenvalue weighted by molar-refractivity contribution is -0.121. The van der Waals surface area contributed by atoms with Gasteiger partial charge in [0.25, 0.3) is 5.91 Å². The minimum Gasteiger partial charge on any atom is -0.354 e. The Morgan fingerprint density at radius 3 is 2.74 bits per heavy atom. The van der Waals surface area contributed by atoms with Gasteiger partial charge in [-0.1, -0.05) is 25.4 Å². The van der Waals surface area contributed by atoms with Gasteiger partial charge in [-0.3, -0.25) is 14.6 Å². The summed E-state index contributed by atoms with van der Waals surface area (Å²) in [4.78, 5) is 28.9. The van der Waals surface area contributed by atoms with Gasteiger partial charge in [-0.25, -0.2) is 0 Å². The largest absolute Gasteiger partial charge is 0.354 e. The Kier molecular flexibility index (Phi) is 5.76. The van der Waals surface area contributed by atoms with Crippen molar-refractivity contribution in [2.45, 2.75) is 13.8 Å². The number of halogens is 1. The predicted octanol–water partition coefficient (Wildman–Crippen LogP) is 1.58. The molecule has 0 saturated heterocycles. The number of aromatic nitrogens is 1. The number of nitrogens with zero attached hydrogens (tertiary/aromatic N) is 2. The first-order valence-electron chi connectivity index (χ1n) is 6.04. The summed E-state index contributed by atoms with van der Waals surface area (Å²) in [5.74, 6) is -0.145. The molecule has 0 bridgehead atoms. The fourth-order valence-corrected chi connectivity index (χ4v) is 1.54. The van der Waals surface area contributed by atoms with Crippen LogP contribution in [0.1, 0.15) is 24.3 Å². The van der Waals surface area contributed by atoms with Crippen LogP contribution in [0.5, 0.6) is 0 Å². The van der Waals surface area contributed by atoms with E-state index in [1.807, 2.05) is 13.8 Å². The molecule has 104 valence electrons. The summed E-state index contributed by atoms with van der Waals surface area (Å²) in [6, 6.07) is 3.07. The van der Waals surface area contributed by atoms with Gasteiger partial charge in [0.2, 0.25) is 5.91 Å². The van der Waals surface area contributed by atoms with Crippen molar-refractivity contribution in [1.29, 1.82) is 0 Å².